The van der Waals surface area contributed by atoms with Crippen molar-refractivity contribution < 1.29 is 13.2 Å². The standard InChI is InChI=1S/C11H8ClN3O3S/c12-19(17,18)10-4-3-9(7-14-10)15-11(16)8-2-1-5-13-6-8/h1-7H,(H,15,16). The van der Waals surface area contributed by atoms with Crippen LogP contribution in [0.25, 0.3) is 0 Å². The molecule has 0 bridgehead atoms. The van der Waals surface area contributed by atoms with Gasteiger partial charge >= 0.3 is 0 Å². The molecule has 1 amide bonds. The van der Waals surface area contributed by atoms with Crippen molar-refractivity contribution >= 4 is 31.3 Å². The van der Waals surface area contributed by atoms with Crippen LogP contribution in [0.3, 0.4) is 0 Å². The summed E-state index contributed by atoms with van der Waals surface area (Å²) < 4.78 is 22.0. The van der Waals surface area contributed by atoms with Crippen LogP contribution in [0.5, 0.6) is 0 Å². The van der Waals surface area contributed by atoms with Crippen molar-refractivity contribution in [3.8, 4) is 0 Å². The molecule has 1 N–H and O–H groups in total. The third kappa shape index (κ3) is 3.49. The Morgan fingerprint density at radius 2 is 2.00 bits per heavy atom. The first kappa shape index (κ1) is 13.4. The van der Waals surface area contributed by atoms with Gasteiger partial charge in [0.25, 0.3) is 15.0 Å². The number of nitrogens with one attached hydrogen (secondary N) is 1. The van der Waals surface area contributed by atoms with Crippen molar-refractivity contribution in [3.63, 3.8) is 0 Å². The van der Waals surface area contributed by atoms with Crippen LogP contribution in [-0.2, 0) is 9.05 Å². The monoisotopic (exact) mass is 297 g/mol. The van der Waals surface area contributed by atoms with E-state index in [1.807, 2.05) is 0 Å². The van der Waals surface area contributed by atoms with Gasteiger partial charge in [-0.3, -0.25) is 9.78 Å². The van der Waals surface area contributed by atoms with Crippen LogP contribution in [0.2, 0.25) is 0 Å². The lowest BCUT2D eigenvalue weighted by atomic mass is 10.2. The molecule has 0 spiro atoms. The number of nitrogens with zero attached hydrogens (tertiary/aromatic N) is 2. The van der Waals surface area contributed by atoms with Gasteiger partial charge in [0.05, 0.1) is 17.4 Å². The number of pyridine rings is 2. The zero-order chi connectivity index (χ0) is 13.9. The fourth-order valence-electron chi connectivity index (χ4n) is 1.30. The Morgan fingerprint density at radius 3 is 2.53 bits per heavy atom. The molecule has 0 fully saturated rings. The molecule has 0 radical (unpaired) electrons. The Bertz CT molecular complexity index is 687. The number of aromatic nitrogens is 2. The van der Waals surface area contributed by atoms with Crippen molar-refractivity contribution in [2.75, 3.05) is 5.32 Å². The molecule has 98 valence electrons. The average Bonchev–Trinajstić information content (AvgIpc) is 2.39. The van der Waals surface area contributed by atoms with Crippen molar-refractivity contribution in [2.24, 2.45) is 0 Å². The quantitative estimate of drug-likeness (QED) is 0.870. The number of carbonyl (C=O) groups excluding carboxylic acids is 1. The second kappa shape index (κ2) is 5.33. The summed E-state index contributed by atoms with van der Waals surface area (Å²) >= 11 is 0. The molecule has 0 aliphatic rings. The van der Waals surface area contributed by atoms with E-state index in [9.17, 15) is 13.2 Å². The minimum absolute atomic E-state index is 0.270. The van der Waals surface area contributed by atoms with Crippen LogP contribution < -0.4 is 5.32 Å². The molecule has 2 aromatic heterocycles. The Morgan fingerprint density at radius 1 is 1.21 bits per heavy atom. The minimum Gasteiger partial charge on any atom is -0.321 e. The van der Waals surface area contributed by atoms with Crippen molar-refractivity contribution in [1.82, 2.24) is 9.97 Å². The maximum Gasteiger partial charge on any atom is 0.278 e. The van der Waals surface area contributed by atoms with Crippen LogP contribution in [0.4, 0.5) is 5.69 Å². The SMILES string of the molecule is O=C(Nc1ccc(S(=O)(=O)Cl)nc1)c1cccnc1. The number of hydrogen-bond donors (Lipinski definition) is 1. The summed E-state index contributed by atoms with van der Waals surface area (Å²) in [4.78, 5) is 19.2. The molecule has 8 heteroatoms. The first-order chi connectivity index (χ1) is 8.97. The summed E-state index contributed by atoms with van der Waals surface area (Å²) in [7, 11) is 1.26. The zero-order valence-corrected chi connectivity index (χ0v) is 11.0. The highest BCUT2D eigenvalue weighted by atomic mass is 35.7. The van der Waals surface area contributed by atoms with E-state index in [0.29, 0.717) is 11.3 Å². The third-order valence-electron chi connectivity index (χ3n) is 2.17. The third-order valence-corrected chi connectivity index (χ3v) is 3.38. The lowest BCUT2D eigenvalue weighted by molar-refractivity contribution is 0.102. The Balaban J connectivity index is 2.15. The summed E-state index contributed by atoms with van der Waals surface area (Å²) in [5.41, 5.74) is 0.745. The predicted molar refractivity (Wildman–Crippen MR) is 69.5 cm³/mol. The topological polar surface area (TPSA) is 89.0 Å². The van der Waals surface area contributed by atoms with E-state index in [1.165, 1.54) is 24.5 Å². The summed E-state index contributed by atoms with van der Waals surface area (Å²) in [6, 6.07) is 5.85. The van der Waals surface area contributed by atoms with Gasteiger partial charge < -0.3 is 5.32 Å². The van der Waals surface area contributed by atoms with Crippen molar-refractivity contribution in [1.29, 1.82) is 0 Å². The largest absolute Gasteiger partial charge is 0.321 e. The van der Waals surface area contributed by atoms with Gasteiger partial charge in [0.2, 0.25) is 0 Å². The van der Waals surface area contributed by atoms with Crippen molar-refractivity contribution in [3.05, 3.63) is 48.4 Å². The maximum absolute atomic E-state index is 11.8. The lowest BCUT2D eigenvalue weighted by Gasteiger charge is -2.04. The van der Waals surface area contributed by atoms with Crippen molar-refractivity contribution in [2.45, 2.75) is 5.03 Å². The molecule has 0 aromatic carbocycles. The van der Waals surface area contributed by atoms with Crippen LogP contribution in [0.1, 0.15) is 10.4 Å². The molecule has 6 nitrogen and oxygen atoms in total. The Kier molecular flexibility index (Phi) is 3.77. The van der Waals surface area contributed by atoms with Gasteiger partial charge in [-0.15, -0.1) is 0 Å². The fraction of sp³-hybridized carbons (Fsp3) is 0. The molecule has 0 aliphatic heterocycles. The predicted octanol–water partition coefficient (Wildman–Crippen LogP) is 1.66. The van der Waals surface area contributed by atoms with Gasteiger partial charge in [0.15, 0.2) is 5.03 Å². The van der Waals surface area contributed by atoms with Gasteiger partial charge in [0.1, 0.15) is 0 Å². The van der Waals surface area contributed by atoms with Gasteiger partial charge in [-0.05, 0) is 24.3 Å². The molecule has 0 saturated heterocycles. The van der Waals surface area contributed by atoms with E-state index in [0.717, 1.165) is 0 Å². The van der Waals surface area contributed by atoms with E-state index in [-0.39, 0.29) is 10.9 Å². The summed E-state index contributed by atoms with van der Waals surface area (Å²) in [6.07, 6.45) is 4.18. The summed E-state index contributed by atoms with van der Waals surface area (Å²) in [5, 5.41) is 2.29. The normalized spacial score (nSPS) is 11.0. The summed E-state index contributed by atoms with van der Waals surface area (Å²) in [6.45, 7) is 0. The maximum atomic E-state index is 11.8. The van der Waals surface area contributed by atoms with Crippen LogP contribution in [0.15, 0.2) is 47.9 Å². The molecule has 0 saturated carbocycles. The number of anilines is 1. The minimum atomic E-state index is -3.86. The number of halogens is 1. The average molecular weight is 298 g/mol. The molecular weight excluding hydrogens is 290 g/mol. The molecule has 2 rings (SSSR count). The first-order valence-electron chi connectivity index (χ1n) is 5.09. The van der Waals surface area contributed by atoms with Gasteiger partial charge in [-0.25, -0.2) is 13.4 Å². The molecule has 0 aliphatic carbocycles. The van der Waals surface area contributed by atoms with Crippen LogP contribution >= 0.6 is 10.7 Å². The number of hydrogen-bond acceptors (Lipinski definition) is 5. The smallest absolute Gasteiger partial charge is 0.278 e. The van der Waals surface area contributed by atoms with E-state index >= 15 is 0 Å². The second-order valence-corrected chi connectivity index (χ2v) is 6.03. The van der Waals surface area contributed by atoms with E-state index in [2.05, 4.69) is 15.3 Å². The summed E-state index contributed by atoms with van der Waals surface area (Å²) in [5.74, 6) is -0.364. The van der Waals surface area contributed by atoms with Crippen LogP contribution in [-0.4, -0.2) is 24.3 Å². The van der Waals surface area contributed by atoms with Gasteiger partial charge in [-0.1, -0.05) is 0 Å². The highest BCUT2D eigenvalue weighted by molar-refractivity contribution is 8.13. The fourth-order valence-corrected chi connectivity index (χ4v) is 1.98. The molecular formula is C11H8ClN3O3S. The highest BCUT2D eigenvalue weighted by Gasteiger charge is 2.12. The van der Waals surface area contributed by atoms with Gasteiger partial charge in [-0.2, -0.15) is 0 Å². The molecule has 0 atom stereocenters. The van der Waals surface area contributed by atoms with Gasteiger partial charge in [0, 0.05) is 23.1 Å². The molecule has 19 heavy (non-hydrogen) atoms. The lowest BCUT2D eigenvalue weighted by Crippen LogP contribution is -2.12. The molecule has 0 unspecified atom stereocenters. The highest BCUT2D eigenvalue weighted by Crippen LogP contribution is 2.14. The zero-order valence-electron chi connectivity index (χ0n) is 9.45. The first-order valence-corrected chi connectivity index (χ1v) is 7.40. The van der Waals surface area contributed by atoms with E-state index in [4.69, 9.17) is 10.7 Å². The second-order valence-electron chi connectivity index (χ2n) is 3.52. The van der Waals surface area contributed by atoms with E-state index < -0.39 is 9.05 Å². The number of amides is 1. The molecule has 2 heterocycles. The Hall–Kier alpha value is -1.99. The molecule has 2 aromatic rings. The number of rotatable bonds is 3. The Labute approximate surface area is 113 Å². The van der Waals surface area contributed by atoms with Crippen LogP contribution in [0, 0.1) is 0 Å². The number of carbonyl (C=O) groups is 1. The van der Waals surface area contributed by atoms with E-state index in [1.54, 1.807) is 18.3 Å².